The molecule has 6 heteroatoms. The molecule has 0 aliphatic rings. The maximum Gasteiger partial charge on any atom is 0.191 e. The van der Waals surface area contributed by atoms with Crippen LogP contribution in [-0.2, 0) is 6.42 Å². The Kier molecular flexibility index (Phi) is 7.81. The molecule has 0 aliphatic carbocycles. The summed E-state index contributed by atoms with van der Waals surface area (Å²) in [5.74, 6) is 0.783. The van der Waals surface area contributed by atoms with Gasteiger partial charge in [-0.2, -0.15) is 0 Å². The van der Waals surface area contributed by atoms with Crippen molar-refractivity contribution in [3.8, 4) is 0 Å². The number of halogens is 2. The van der Waals surface area contributed by atoms with Crippen molar-refractivity contribution in [1.29, 1.82) is 0 Å². The fourth-order valence-corrected chi connectivity index (χ4v) is 2.19. The lowest BCUT2D eigenvalue weighted by Crippen LogP contribution is -2.38. The maximum absolute atomic E-state index is 4.17. The lowest BCUT2D eigenvalue weighted by Gasteiger charge is -2.11. The standard InChI is InChI=1S/C15H19BrN4.HI/c1-11(16)9-20-15(17-2)18-8-7-12-10-19-14-6-4-3-5-13(12)14;/h3-6,10,19H,1,7-9H2,2H3,(H2,17,18,20);1H. The number of para-hydroxylation sites is 1. The van der Waals surface area contributed by atoms with Crippen LogP contribution in [0.25, 0.3) is 10.9 Å². The third-order valence-corrected chi connectivity index (χ3v) is 3.31. The monoisotopic (exact) mass is 462 g/mol. The predicted molar refractivity (Wildman–Crippen MR) is 105 cm³/mol. The van der Waals surface area contributed by atoms with E-state index in [4.69, 9.17) is 0 Å². The minimum atomic E-state index is 0. The van der Waals surface area contributed by atoms with Crippen molar-refractivity contribution in [2.24, 2.45) is 4.99 Å². The van der Waals surface area contributed by atoms with Crippen molar-refractivity contribution in [2.45, 2.75) is 6.42 Å². The Morgan fingerprint density at radius 3 is 2.81 bits per heavy atom. The van der Waals surface area contributed by atoms with Gasteiger partial charge < -0.3 is 15.6 Å². The summed E-state index contributed by atoms with van der Waals surface area (Å²) in [4.78, 5) is 7.45. The van der Waals surface area contributed by atoms with Crippen molar-refractivity contribution in [3.63, 3.8) is 0 Å². The van der Waals surface area contributed by atoms with Gasteiger partial charge in [0.2, 0.25) is 0 Å². The highest BCUT2D eigenvalue weighted by molar-refractivity contribution is 14.0. The molecule has 0 saturated carbocycles. The minimum Gasteiger partial charge on any atom is -0.361 e. The molecule has 0 amide bonds. The third-order valence-electron chi connectivity index (χ3n) is 3.03. The van der Waals surface area contributed by atoms with Gasteiger partial charge in [0.1, 0.15) is 0 Å². The molecule has 0 saturated heterocycles. The molecule has 1 aromatic heterocycles. The number of benzene rings is 1. The number of aromatic amines is 1. The number of nitrogens with one attached hydrogen (secondary N) is 3. The molecule has 0 bridgehead atoms. The zero-order valence-electron chi connectivity index (χ0n) is 11.9. The van der Waals surface area contributed by atoms with E-state index in [1.165, 1.54) is 16.5 Å². The summed E-state index contributed by atoms with van der Waals surface area (Å²) in [6.45, 7) is 5.27. The molecule has 0 spiro atoms. The molecule has 0 atom stereocenters. The van der Waals surface area contributed by atoms with Gasteiger partial charge in [0.15, 0.2) is 5.96 Å². The largest absolute Gasteiger partial charge is 0.361 e. The Labute approximate surface area is 150 Å². The normalized spacial score (nSPS) is 11.0. The Balaban J connectivity index is 0.00000220. The minimum absolute atomic E-state index is 0. The summed E-state index contributed by atoms with van der Waals surface area (Å²) in [5.41, 5.74) is 2.49. The fraction of sp³-hybridized carbons (Fsp3) is 0.267. The molecular weight excluding hydrogens is 443 g/mol. The summed E-state index contributed by atoms with van der Waals surface area (Å²) in [5, 5.41) is 7.75. The molecule has 21 heavy (non-hydrogen) atoms. The molecule has 2 rings (SSSR count). The highest BCUT2D eigenvalue weighted by atomic mass is 127. The Morgan fingerprint density at radius 2 is 2.10 bits per heavy atom. The number of hydrogen-bond acceptors (Lipinski definition) is 1. The molecule has 4 nitrogen and oxygen atoms in total. The Morgan fingerprint density at radius 1 is 1.33 bits per heavy atom. The number of aliphatic imine (C=N–C) groups is 1. The maximum atomic E-state index is 4.17. The topological polar surface area (TPSA) is 52.2 Å². The van der Waals surface area contributed by atoms with Gasteiger partial charge in [-0.3, -0.25) is 4.99 Å². The van der Waals surface area contributed by atoms with E-state index in [1.807, 2.05) is 6.07 Å². The zero-order valence-corrected chi connectivity index (χ0v) is 15.9. The lowest BCUT2D eigenvalue weighted by atomic mass is 10.1. The van der Waals surface area contributed by atoms with E-state index in [1.54, 1.807) is 7.05 Å². The van der Waals surface area contributed by atoms with E-state index in [2.05, 4.69) is 67.5 Å². The summed E-state index contributed by atoms with van der Waals surface area (Å²) in [7, 11) is 1.76. The van der Waals surface area contributed by atoms with Gasteiger partial charge in [-0.1, -0.05) is 40.7 Å². The lowest BCUT2D eigenvalue weighted by molar-refractivity contribution is 0.823. The summed E-state index contributed by atoms with van der Waals surface area (Å²) >= 11 is 3.32. The van der Waals surface area contributed by atoms with Crippen molar-refractivity contribution >= 4 is 56.8 Å². The predicted octanol–water partition coefficient (Wildman–Crippen LogP) is 3.40. The van der Waals surface area contributed by atoms with Crippen LogP contribution in [0.4, 0.5) is 0 Å². The molecule has 1 heterocycles. The number of H-pyrrole nitrogens is 1. The van der Waals surface area contributed by atoms with Crippen molar-refractivity contribution in [1.82, 2.24) is 15.6 Å². The number of nitrogens with zero attached hydrogens (tertiary/aromatic N) is 1. The second-order valence-electron chi connectivity index (χ2n) is 4.48. The molecule has 0 radical (unpaired) electrons. The van der Waals surface area contributed by atoms with Crippen LogP contribution in [0, 0.1) is 0 Å². The van der Waals surface area contributed by atoms with Gasteiger partial charge in [-0.25, -0.2) is 0 Å². The summed E-state index contributed by atoms with van der Waals surface area (Å²) in [6.07, 6.45) is 3.02. The molecule has 0 fully saturated rings. The first-order valence-electron chi connectivity index (χ1n) is 6.53. The molecule has 3 N–H and O–H groups in total. The van der Waals surface area contributed by atoms with Crippen molar-refractivity contribution < 1.29 is 0 Å². The van der Waals surface area contributed by atoms with Gasteiger partial charge in [0, 0.05) is 41.7 Å². The van der Waals surface area contributed by atoms with Crippen molar-refractivity contribution in [3.05, 3.63) is 47.1 Å². The van der Waals surface area contributed by atoms with Gasteiger partial charge in [-0.15, -0.1) is 24.0 Å². The SMILES string of the molecule is C=C(Br)CNC(=NC)NCCc1c[nH]c2ccccc12.I. The Hall–Kier alpha value is -1.02. The van der Waals surface area contributed by atoms with Crippen LogP contribution in [0.5, 0.6) is 0 Å². The van der Waals surface area contributed by atoms with Gasteiger partial charge >= 0.3 is 0 Å². The van der Waals surface area contributed by atoms with E-state index >= 15 is 0 Å². The molecule has 1 aromatic carbocycles. The van der Waals surface area contributed by atoms with Crippen LogP contribution in [0.15, 0.2) is 46.5 Å². The van der Waals surface area contributed by atoms with E-state index in [9.17, 15) is 0 Å². The van der Waals surface area contributed by atoms with E-state index < -0.39 is 0 Å². The van der Waals surface area contributed by atoms with Gasteiger partial charge in [0.25, 0.3) is 0 Å². The van der Waals surface area contributed by atoms with Gasteiger partial charge in [-0.05, 0) is 18.1 Å². The first-order chi connectivity index (χ1) is 9.70. The van der Waals surface area contributed by atoms with E-state index in [0.29, 0.717) is 6.54 Å². The third kappa shape index (κ3) is 5.35. The average Bonchev–Trinajstić information content (AvgIpc) is 2.86. The molecule has 114 valence electrons. The number of guanidine groups is 1. The van der Waals surface area contributed by atoms with E-state index in [-0.39, 0.29) is 24.0 Å². The zero-order chi connectivity index (χ0) is 14.4. The second-order valence-corrected chi connectivity index (χ2v) is 5.60. The number of rotatable bonds is 5. The van der Waals surface area contributed by atoms with Crippen LogP contribution in [-0.4, -0.2) is 31.1 Å². The average molecular weight is 463 g/mol. The highest BCUT2D eigenvalue weighted by Crippen LogP contribution is 2.17. The van der Waals surface area contributed by atoms with Crippen LogP contribution in [0.1, 0.15) is 5.56 Å². The van der Waals surface area contributed by atoms with E-state index in [0.717, 1.165) is 23.4 Å². The fourth-order valence-electron chi connectivity index (χ4n) is 2.05. The van der Waals surface area contributed by atoms with Crippen molar-refractivity contribution in [2.75, 3.05) is 20.1 Å². The quantitative estimate of drug-likeness (QED) is 0.362. The highest BCUT2D eigenvalue weighted by Gasteiger charge is 2.03. The first-order valence-corrected chi connectivity index (χ1v) is 7.33. The second kappa shape index (κ2) is 9.09. The number of hydrogen-bond donors (Lipinski definition) is 3. The van der Waals surface area contributed by atoms with Gasteiger partial charge in [0.05, 0.1) is 0 Å². The number of aromatic nitrogens is 1. The van der Waals surface area contributed by atoms with Crippen LogP contribution < -0.4 is 10.6 Å². The molecular formula is C15H20BrIN4. The van der Waals surface area contributed by atoms with Crippen LogP contribution in [0.3, 0.4) is 0 Å². The number of fused-ring (bicyclic) bond motifs is 1. The van der Waals surface area contributed by atoms with Crippen LogP contribution >= 0.6 is 39.9 Å². The Bertz CT molecular complexity index is 621. The molecule has 0 aliphatic heterocycles. The molecule has 0 unspecified atom stereocenters. The first kappa shape index (κ1) is 18.0. The summed E-state index contributed by atoms with van der Waals surface area (Å²) < 4.78 is 0.900. The summed E-state index contributed by atoms with van der Waals surface area (Å²) in [6, 6.07) is 8.34. The van der Waals surface area contributed by atoms with Crippen LogP contribution in [0.2, 0.25) is 0 Å². The smallest absolute Gasteiger partial charge is 0.191 e. The molecule has 2 aromatic rings.